The number of rotatable bonds is 5. The molecule has 108 valence electrons. The van der Waals surface area contributed by atoms with E-state index in [4.69, 9.17) is 4.74 Å². The van der Waals surface area contributed by atoms with Crippen molar-refractivity contribution in [2.45, 2.75) is 0 Å². The van der Waals surface area contributed by atoms with Crippen LogP contribution in [0.4, 0.5) is 10.1 Å². The molecule has 2 aromatic rings. The van der Waals surface area contributed by atoms with E-state index in [1.165, 1.54) is 12.1 Å². The van der Waals surface area contributed by atoms with Crippen molar-refractivity contribution in [3.05, 3.63) is 58.3 Å². The lowest BCUT2D eigenvalue weighted by atomic mass is 10.2. The molecule has 0 atom stereocenters. The normalized spacial score (nSPS) is 10.0. The Hall–Kier alpha value is -2.21. The van der Waals surface area contributed by atoms with Gasteiger partial charge in [-0.15, -0.1) is 0 Å². The quantitative estimate of drug-likeness (QED) is 0.839. The van der Waals surface area contributed by atoms with Gasteiger partial charge in [-0.3, -0.25) is 9.59 Å². The number of benzene rings is 2. The summed E-state index contributed by atoms with van der Waals surface area (Å²) in [6.07, 6.45) is 0.641. The molecular weight excluding hydrogens is 341 g/mol. The monoisotopic (exact) mass is 351 g/mol. The zero-order chi connectivity index (χ0) is 15.2. The molecule has 1 N–H and O–H groups in total. The highest BCUT2D eigenvalue weighted by Crippen LogP contribution is 2.19. The third-order valence-corrected chi connectivity index (χ3v) is 3.10. The molecule has 0 fully saturated rings. The zero-order valence-corrected chi connectivity index (χ0v) is 12.4. The maximum Gasteiger partial charge on any atom is 0.262 e. The van der Waals surface area contributed by atoms with E-state index in [-0.39, 0.29) is 12.3 Å². The van der Waals surface area contributed by atoms with Gasteiger partial charge in [-0.25, -0.2) is 4.39 Å². The van der Waals surface area contributed by atoms with Crippen LogP contribution in [0.15, 0.2) is 46.9 Å². The van der Waals surface area contributed by atoms with Gasteiger partial charge in [-0.2, -0.15) is 0 Å². The van der Waals surface area contributed by atoms with Gasteiger partial charge >= 0.3 is 0 Å². The number of hydrogen-bond acceptors (Lipinski definition) is 3. The highest BCUT2D eigenvalue weighted by molar-refractivity contribution is 9.10. The molecule has 21 heavy (non-hydrogen) atoms. The lowest BCUT2D eigenvalue weighted by molar-refractivity contribution is -0.118. The number of para-hydroxylation sites is 1. The molecule has 0 unspecified atom stereocenters. The first-order valence-corrected chi connectivity index (χ1v) is 6.81. The summed E-state index contributed by atoms with van der Waals surface area (Å²) in [5.74, 6) is -0.762. The number of carbonyl (C=O) groups is 2. The molecule has 0 aliphatic heterocycles. The van der Waals surface area contributed by atoms with Crippen LogP contribution in [0.5, 0.6) is 5.75 Å². The van der Waals surface area contributed by atoms with E-state index in [1.807, 2.05) is 0 Å². The summed E-state index contributed by atoms with van der Waals surface area (Å²) in [6.45, 7) is -0.319. The zero-order valence-electron chi connectivity index (χ0n) is 10.8. The highest BCUT2D eigenvalue weighted by Gasteiger charge is 2.09. The van der Waals surface area contributed by atoms with Crippen LogP contribution in [0, 0.1) is 5.82 Å². The van der Waals surface area contributed by atoms with Crippen molar-refractivity contribution in [1.82, 2.24) is 0 Å². The average Bonchev–Trinajstić information content (AvgIpc) is 2.48. The van der Waals surface area contributed by atoms with E-state index < -0.39 is 11.7 Å². The van der Waals surface area contributed by atoms with Crippen molar-refractivity contribution in [2.24, 2.45) is 0 Å². The first-order chi connectivity index (χ1) is 10.1. The first kappa shape index (κ1) is 15.2. The fourth-order valence-corrected chi connectivity index (χ4v) is 1.96. The van der Waals surface area contributed by atoms with Crippen LogP contribution in [0.25, 0.3) is 0 Å². The molecule has 0 radical (unpaired) electrons. The summed E-state index contributed by atoms with van der Waals surface area (Å²) in [7, 11) is 0. The number of aldehydes is 1. The smallest absolute Gasteiger partial charge is 0.262 e. The molecule has 0 heterocycles. The molecule has 0 spiro atoms. The Morgan fingerprint density at radius 2 is 2.05 bits per heavy atom. The lowest BCUT2D eigenvalue weighted by Gasteiger charge is -2.09. The van der Waals surface area contributed by atoms with Crippen molar-refractivity contribution in [3.8, 4) is 5.75 Å². The second kappa shape index (κ2) is 6.99. The number of carbonyl (C=O) groups excluding carboxylic acids is 2. The second-order valence-corrected chi connectivity index (χ2v) is 5.03. The van der Waals surface area contributed by atoms with Gasteiger partial charge in [0.1, 0.15) is 11.6 Å². The summed E-state index contributed by atoms with van der Waals surface area (Å²) in [6, 6.07) is 10.8. The van der Waals surface area contributed by atoms with Gasteiger partial charge < -0.3 is 10.1 Å². The van der Waals surface area contributed by atoms with Crippen molar-refractivity contribution in [2.75, 3.05) is 11.9 Å². The minimum Gasteiger partial charge on any atom is -0.483 e. The molecule has 0 aliphatic carbocycles. The summed E-state index contributed by atoms with van der Waals surface area (Å²) in [4.78, 5) is 22.5. The Morgan fingerprint density at radius 1 is 1.29 bits per heavy atom. The molecular formula is C15H11BrFNO3. The minimum absolute atomic E-state index is 0.0653. The molecule has 2 aromatic carbocycles. The topological polar surface area (TPSA) is 55.4 Å². The van der Waals surface area contributed by atoms with Crippen molar-refractivity contribution in [3.63, 3.8) is 0 Å². The van der Waals surface area contributed by atoms with E-state index in [0.717, 1.165) is 0 Å². The predicted octanol–water partition coefficient (Wildman–Crippen LogP) is 3.42. The Labute approximate surface area is 129 Å². The van der Waals surface area contributed by atoms with E-state index in [1.54, 1.807) is 30.3 Å². The molecule has 1 amide bonds. The Bertz CT molecular complexity index is 676. The maximum absolute atomic E-state index is 13.6. The second-order valence-electron chi connectivity index (χ2n) is 4.12. The van der Waals surface area contributed by atoms with Crippen LogP contribution >= 0.6 is 15.9 Å². The largest absolute Gasteiger partial charge is 0.483 e. The SMILES string of the molecule is O=Cc1ccccc1OCC(=O)Nc1ccc(Br)cc1F. The van der Waals surface area contributed by atoms with Crippen molar-refractivity contribution < 1.29 is 18.7 Å². The minimum atomic E-state index is -0.550. The van der Waals surface area contributed by atoms with Crippen LogP contribution in [-0.4, -0.2) is 18.8 Å². The van der Waals surface area contributed by atoms with Gasteiger partial charge in [0.25, 0.3) is 5.91 Å². The van der Waals surface area contributed by atoms with E-state index >= 15 is 0 Å². The van der Waals surface area contributed by atoms with Crippen molar-refractivity contribution in [1.29, 1.82) is 0 Å². The molecule has 0 saturated carbocycles. The molecule has 0 bridgehead atoms. The number of ether oxygens (including phenoxy) is 1. The molecule has 0 aromatic heterocycles. The number of halogens is 2. The lowest BCUT2D eigenvalue weighted by Crippen LogP contribution is -2.21. The third-order valence-electron chi connectivity index (χ3n) is 2.61. The van der Waals surface area contributed by atoms with Gasteiger partial charge in [0.2, 0.25) is 0 Å². The highest BCUT2D eigenvalue weighted by atomic mass is 79.9. The van der Waals surface area contributed by atoms with Gasteiger partial charge in [0.05, 0.1) is 11.3 Å². The summed E-state index contributed by atoms with van der Waals surface area (Å²) in [5, 5.41) is 2.40. The van der Waals surface area contributed by atoms with Gasteiger partial charge in [-0.1, -0.05) is 28.1 Å². The number of anilines is 1. The molecule has 0 saturated heterocycles. The van der Waals surface area contributed by atoms with Crippen LogP contribution < -0.4 is 10.1 Å². The van der Waals surface area contributed by atoms with E-state index in [0.29, 0.717) is 22.1 Å². The fourth-order valence-electron chi connectivity index (χ4n) is 1.63. The van der Waals surface area contributed by atoms with Crippen LogP contribution in [0.2, 0.25) is 0 Å². The van der Waals surface area contributed by atoms with Crippen LogP contribution in [-0.2, 0) is 4.79 Å². The van der Waals surface area contributed by atoms with Gasteiger partial charge in [0, 0.05) is 4.47 Å². The Morgan fingerprint density at radius 3 is 2.76 bits per heavy atom. The molecule has 2 rings (SSSR count). The van der Waals surface area contributed by atoms with E-state index in [2.05, 4.69) is 21.2 Å². The number of nitrogens with one attached hydrogen (secondary N) is 1. The molecule has 6 heteroatoms. The first-order valence-electron chi connectivity index (χ1n) is 6.02. The third kappa shape index (κ3) is 4.13. The Kier molecular flexibility index (Phi) is 5.05. The summed E-state index contributed by atoms with van der Waals surface area (Å²) >= 11 is 3.13. The van der Waals surface area contributed by atoms with Crippen LogP contribution in [0.1, 0.15) is 10.4 Å². The van der Waals surface area contributed by atoms with E-state index in [9.17, 15) is 14.0 Å². The number of amides is 1. The number of hydrogen-bond donors (Lipinski definition) is 1. The van der Waals surface area contributed by atoms with Gasteiger partial charge in [0.15, 0.2) is 12.9 Å². The summed E-state index contributed by atoms with van der Waals surface area (Å²) in [5.41, 5.74) is 0.413. The van der Waals surface area contributed by atoms with Gasteiger partial charge in [-0.05, 0) is 30.3 Å². The molecule has 4 nitrogen and oxygen atoms in total. The maximum atomic E-state index is 13.6. The van der Waals surface area contributed by atoms with Crippen molar-refractivity contribution >= 4 is 33.8 Å². The molecule has 0 aliphatic rings. The standard InChI is InChI=1S/C15H11BrFNO3/c16-11-5-6-13(12(17)7-11)18-15(20)9-21-14-4-2-1-3-10(14)8-19/h1-8H,9H2,(H,18,20). The fraction of sp³-hybridized carbons (Fsp3) is 0.0667. The average molecular weight is 352 g/mol. The predicted molar refractivity (Wildman–Crippen MR) is 80.1 cm³/mol. The van der Waals surface area contributed by atoms with Crippen LogP contribution in [0.3, 0.4) is 0 Å². The Balaban J connectivity index is 1.97. The summed E-state index contributed by atoms with van der Waals surface area (Å²) < 4.78 is 19.4.